The van der Waals surface area contributed by atoms with Gasteiger partial charge in [-0.3, -0.25) is 0 Å². The third-order valence-corrected chi connectivity index (χ3v) is 3.51. The molecule has 2 N–H and O–H groups in total. The summed E-state index contributed by atoms with van der Waals surface area (Å²) in [5, 5.41) is 0. The molecule has 8 nitrogen and oxygen atoms in total. The first kappa shape index (κ1) is 18.0. The predicted molar refractivity (Wildman–Crippen MR) is 96.3 cm³/mol. The van der Waals surface area contributed by atoms with Crippen molar-refractivity contribution in [1.82, 2.24) is 19.9 Å². The second kappa shape index (κ2) is 8.50. The summed E-state index contributed by atoms with van der Waals surface area (Å²) in [5.41, 5.74) is 8.07. The Labute approximate surface area is 151 Å². The smallest absolute Gasteiger partial charge is 0.247 e. The number of ether oxygens (including phenoxy) is 3. The molecule has 8 heteroatoms. The van der Waals surface area contributed by atoms with Crippen molar-refractivity contribution < 1.29 is 14.2 Å². The minimum atomic E-state index is -0.610. The highest BCUT2D eigenvalue weighted by atomic mass is 16.7. The van der Waals surface area contributed by atoms with E-state index in [4.69, 9.17) is 19.9 Å². The van der Waals surface area contributed by atoms with Gasteiger partial charge in [-0.2, -0.15) is 9.97 Å². The zero-order valence-corrected chi connectivity index (χ0v) is 14.8. The molecule has 3 aromatic rings. The van der Waals surface area contributed by atoms with Crippen LogP contribution in [0.2, 0.25) is 0 Å². The van der Waals surface area contributed by atoms with Gasteiger partial charge in [-0.05, 0) is 19.4 Å². The highest BCUT2D eigenvalue weighted by Crippen LogP contribution is 2.24. The maximum atomic E-state index is 5.83. The normalized spacial score (nSPS) is 11.2. The highest BCUT2D eigenvalue weighted by Gasteiger charge is 2.18. The van der Waals surface area contributed by atoms with Gasteiger partial charge in [-0.15, -0.1) is 0 Å². The van der Waals surface area contributed by atoms with E-state index in [0.717, 1.165) is 5.56 Å². The second-order valence-corrected chi connectivity index (χ2v) is 5.37. The van der Waals surface area contributed by atoms with E-state index in [1.165, 1.54) is 0 Å². The molecule has 0 amide bonds. The lowest BCUT2D eigenvalue weighted by molar-refractivity contribution is -0.142. The van der Waals surface area contributed by atoms with Crippen LogP contribution in [0.25, 0.3) is 11.2 Å². The average molecular weight is 355 g/mol. The van der Waals surface area contributed by atoms with Crippen LogP contribution < -0.4 is 10.5 Å². The Bertz CT molecular complexity index is 854. The largest absolute Gasteiger partial charge is 0.471 e. The maximum Gasteiger partial charge on any atom is 0.247 e. The Morgan fingerprint density at radius 1 is 1.00 bits per heavy atom. The standard InChI is InChI=1S/C18H21N5O3/c1-3-24-17(25-4-2)13-10-20-15-14(21-13)16(23-18(19)22-15)26-11-12-8-6-5-7-9-12/h5-10,17H,3-4,11H2,1-2H3,(H2,19,20,22,23). The van der Waals surface area contributed by atoms with Gasteiger partial charge in [0.2, 0.25) is 18.1 Å². The number of nitrogen functional groups attached to an aromatic ring is 1. The van der Waals surface area contributed by atoms with Crippen LogP contribution in [0.5, 0.6) is 5.88 Å². The van der Waals surface area contributed by atoms with Crippen LogP contribution in [0.1, 0.15) is 31.4 Å². The molecule has 136 valence electrons. The van der Waals surface area contributed by atoms with Gasteiger partial charge in [0.15, 0.2) is 11.2 Å². The van der Waals surface area contributed by atoms with Crippen molar-refractivity contribution in [2.24, 2.45) is 0 Å². The number of rotatable bonds is 8. The van der Waals surface area contributed by atoms with Crippen LogP contribution in [0.3, 0.4) is 0 Å². The molecule has 2 aromatic heterocycles. The molecule has 0 fully saturated rings. The van der Waals surface area contributed by atoms with Crippen molar-refractivity contribution in [1.29, 1.82) is 0 Å². The molecule has 2 heterocycles. The number of anilines is 1. The number of aromatic nitrogens is 4. The molecule has 0 saturated carbocycles. The highest BCUT2D eigenvalue weighted by molar-refractivity contribution is 5.76. The van der Waals surface area contributed by atoms with Crippen molar-refractivity contribution in [2.75, 3.05) is 18.9 Å². The SMILES string of the molecule is CCOC(OCC)c1cnc2nc(N)nc(OCc3ccccc3)c2n1. The molecule has 0 spiro atoms. The Hall–Kier alpha value is -2.84. The van der Waals surface area contributed by atoms with Crippen molar-refractivity contribution in [2.45, 2.75) is 26.7 Å². The average Bonchev–Trinajstić information content (AvgIpc) is 2.66. The summed E-state index contributed by atoms with van der Waals surface area (Å²) in [4.78, 5) is 17.1. The summed E-state index contributed by atoms with van der Waals surface area (Å²) in [6, 6.07) is 9.75. The van der Waals surface area contributed by atoms with Crippen molar-refractivity contribution >= 4 is 17.1 Å². The van der Waals surface area contributed by atoms with E-state index >= 15 is 0 Å². The number of hydrogen-bond donors (Lipinski definition) is 1. The number of fused-ring (bicyclic) bond motifs is 1. The van der Waals surface area contributed by atoms with Crippen LogP contribution in [-0.4, -0.2) is 33.1 Å². The topological polar surface area (TPSA) is 105 Å². The van der Waals surface area contributed by atoms with E-state index in [-0.39, 0.29) is 11.8 Å². The van der Waals surface area contributed by atoms with E-state index in [1.807, 2.05) is 44.2 Å². The number of benzene rings is 1. The van der Waals surface area contributed by atoms with Gasteiger partial charge in [0.05, 0.1) is 6.20 Å². The molecule has 0 bridgehead atoms. The second-order valence-electron chi connectivity index (χ2n) is 5.37. The van der Waals surface area contributed by atoms with Crippen LogP contribution in [0.4, 0.5) is 5.95 Å². The summed E-state index contributed by atoms with van der Waals surface area (Å²) in [5.74, 6) is 0.353. The van der Waals surface area contributed by atoms with Gasteiger partial charge in [0.25, 0.3) is 0 Å². The first-order chi connectivity index (χ1) is 12.7. The molecule has 1 aromatic carbocycles. The van der Waals surface area contributed by atoms with Crippen molar-refractivity contribution in [3.05, 3.63) is 47.8 Å². The fraction of sp³-hybridized carbons (Fsp3) is 0.333. The van der Waals surface area contributed by atoms with Gasteiger partial charge in [0, 0.05) is 13.2 Å². The summed E-state index contributed by atoms with van der Waals surface area (Å²) in [7, 11) is 0. The van der Waals surface area contributed by atoms with Gasteiger partial charge in [0.1, 0.15) is 12.3 Å². The van der Waals surface area contributed by atoms with E-state index in [9.17, 15) is 0 Å². The third-order valence-electron chi connectivity index (χ3n) is 3.51. The first-order valence-electron chi connectivity index (χ1n) is 8.41. The van der Waals surface area contributed by atoms with Gasteiger partial charge < -0.3 is 19.9 Å². The molecular formula is C18H21N5O3. The van der Waals surface area contributed by atoms with Crippen molar-refractivity contribution in [3.63, 3.8) is 0 Å². The van der Waals surface area contributed by atoms with Gasteiger partial charge in [-0.25, -0.2) is 9.97 Å². The Kier molecular flexibility index (Phi) is 5.88. The van der Waals surface area contributed by atoms with Crippen LogP contribution in [0.15, 0.2) is 36.5 Å². The Morgan fingerprint density at radius 3 is 2.42 bits per heavy atom. The Morgan fingerprint density at radius 2 is 1.73 bits per heavy atom. The van der Waals surface area contributed by atoms with E-state index in [0.29, 0.717) is 36.7 Å². The molecule has 26 heavy (non-hydrogen) atoms. The maximum absolute atomic E-state index is 5.83. The molecule has 3 rings (SSSR count). The molecule has 0 aliphatic heterocycles. The van der Waals surface area contributed by atoms with Gasteiger partial charge >= 0.3 is 0 Å². The number of nitrogens with two attached hydrogens (primary N) is 1. The quantitative estimate of drug-likeness (QED) is 0.615. The monoisotopic (exact) mass is 355 g/mol. The Balaban J connectivity index is 1.94. The lowest BCUT2D eigenvalue weighted by Gasteiger charge is -2.16. The van der Waals surface area contributed by atoms with Crippen LogP contribution in [0, 0.1) is 0 Å². The summed E-state index contributed by atoms with van der Waals surface area (Å²) in [6.45, 7) is 5.08. The van der Waals surface area contributed by atoms with E-state index < -0.39 is 6.29 Å². The summed E-state index contributed by atoms with van der Waals surface area (Å²) in [6.07, 6.45) is 0.951. The predicted octanol–water partition coefficient (Wildman–Crippen LogP) is 2.65. The molecule has 0 aliphatic carbocycles. The fourth-order valence-corrected chi connectivity index (χ4v) is 2.37. The summed E-state index contributed by atoms with van der Waals surface area (Å²) < 4.78 is 17.0. The van der Waals surface area contributed by atoms with Crippen molar-refractivity contribution in [3.8, 4) is 5.88 Å². The first-order valence-corrected chi connectivity index (χ1v) is 8.41. The molecule has 0 unspecified atom stereocenters. The molecular weight excluding hydrogens is 334 g/mol. The molecule has 0 radical (unpaired) electrons. The zero-order valence-electron chi connectivity index (χ0n) is 14.8. The minimum Gasteiger partial charge on any atom is -0.471 e. The van der Waals surface area contributed by atoms with Gasteiger partial charge in [-0.1, -0.05) is 30.3 Å². The van der Waals surface area contributed by atoms with E-state index in [1.54, 1.807) is 6.20 Å². The number of hydrogen-bond acceptors (Lipinski definition) is 8. The lowest BCUT2D eigenvalue weighted by Crippen LogP contribution is -2.12. The zero-order chi connectivity index (χ0) is 18.4. The van der Waals surface area contributed by atoms with Crippen LogP contribution >= 0.6 is 0 Å². The lowest BCUT2D eigenvalue weighted by atomic mass is 10.2. The fourth-order valence-electron chi connectivity index (χ4n) is 2.37. The van der Waals surface area contributed by atoms with Crippen LogP contribution in [-0.2, 0) is 16.1 Å². The summed E-state index contributed by atoms with van der Waals surface area (Å²) >= 11 is 0. The third kappa shape index (κ3) is 4.22. The molecule has 0 atom stereocenters. The molecule has 0 saturated heterocycles. The molecule has 0 aliphatic rings. The number of nitrogens with zero attached hydrogens (tertiary/aromatic N) is 4. The minimum absolute atomic E-state index is 0.0776. The van der Waals surface area contributed by atoms with E-state index in [2.05, 4.69) is 19.9 Å².